The molecule has 2 heteroatoms. The fraction of sp³-hybridized carbons (Fsp3) is 0. The molecule has 2 heterocycles. The zero-order valence-corrected chi connectivity index (χ0v) is 24.6. The van der Waals surface area contributed by atoms with Crippen molar-refractivity contribution in [2.24, 2.45) is 0 Å². The quantitative estimate of drug-likeness (QED) is 0.198. The number of aromatic nitrogens is 1. The Morgan fingerprint density at radius 1 is 0.386 bits per heavy atom. The van der Waals surface area contributed by atoms with Gasteiger partial charge in [0, 0.05) is 31.6 Å². The molecule has 0 amide bonds. The average molecular weight is 576 g/mol. The van der Waals surface area contributed by atoms with E-state index in [9.17, 15) is 0 Å². The molecule has 0 saturated carbocycles. The molecule has 0 bridgehead atoms. The molecular formula is C42H25NS. The standard InChI is InChI=1S/C42H25NS/c1-2-9-30-25-38-36(24-29(30)8-1)42-33-12-4-3-7-27(33)17-21-37(42)43(38)32-19-15-26(16-20-32)31-18-22-39-35(23-31)34-13-5-10-28-11-6-14-40(44-39)41(28)34/h1-25H. The summed E-state index contributed by atoms with van der Waals surface area (Å²) in [6.45, 7) is 0. The van der Waals surface area contributed by atoms with Crippen LogP contribution in [-0.4, -0.2) is 4.57 Å². The van der Waals surface area contributed by atoms with E-state index in [-0.39, 0.29) is 0 Å². The Hall–Kier alpha value is -5.31. The van der Waals surface area contributed by atoms with Gasteiger partial charge in [-0.2, -0.15) is 0 Å². The number of hydrogen-bond acceptors (Lipinski definition) is 1. The molecule has 0 radical (unpaired) electrons. The summed E-state index contributed by atoms with van der Waals surface area (Å²) in [6.07, 6.45) is 0. The summed E-state index contributed by atoms with van der Waals surface area (Å²) in [5, 5.41) is 10.4. The van der Waals surface area contributed by atoms with E-state index in [1.165, 1.54) is 91.9 Å². The topological polar surface area (TPSA) is 4.93 Å². The van der Waals surface area contributed by atoms with Crippen LogP contribution in [0.2, 0.25) is 0 Å². The van der Waals surface area contributed by atoms with E-state index in [1.54, 1.807) is 0 Å². The van der Waals surface area contributed by atoms with Crippen LogP contribution in [0.15, 0.2) is 161 Å². The molecule has 8 aromatic carbocycles. The Labute approximate surface area is 259 Å². The van der Waals surface area contributed by atoms with Crippen LogP contribution in [0, 0.1) is 0 Å². The molecule has 0 fully saturated rings. The number of rotatable bonds is 2. The minimum Gasteiger partial charge on any atom is -0.309 e. The molecule has 9 aromatic rings. The summed E-state index contributed by atoms with van der Waals surface area (Å²) in [5.41, 5.74) is 8.76. The van der Waals surface area contributed by atoms with Crippen molar-refractivity contribution in [3.8, 4) is 27.9 Å². The van der Waals surface area contributed by atoms with E-state index >= 15 is 0 Å². The molecule has 0 unspecified atom stereocenters. The zero-order valence-electron chi connectivity index (χ0n) is 23.8. The lowest BCUT2D eigenvalue weighted by Crippen LogP contribution is -1.95. The van der Waals surface area contributed by atoms with Gasteiger partial charge in [0.25, 0.3) is 0 Å². The lowest BCUT2D eigenvalue weighted by Gasteiger charge is -2.21. The van der Waals surface area contributed by atoms with Crippen LogP contribution in [0.1, 0.15) is 0 Å². The van der Waals surface area contributed by atoms with Crippen molar-refractivity contribution in [1.29, 1.82) is 0 Å². The monoisotopic (exact) mass is 575 g/mol. The van der Waals surface area contributed by atoms with Crippen LogP contribution in [0.5, 0.6) is 0 Å². The molecule has 0 atom stereocenters. The molecule has 10 rings (SSSR count). The molecule has 1 aliphatic heterocycles. The molecular weight excluding hydrogens is 551 g/mol. The summed E-state index contributed by atoms with van der Waals surface area (Å²) in [5.74, 6) is 0. The summed E-state index contributed by atoms with van der Waals surface area (Å²) >= 11 is 1.88. The van der Waals surface area contributed by atoms with E-state index in [2.05, 4.69) is 156 Å². The zero-order chi connectivity index (χ0) is 28.8. The van der Waals surface area contributed by atoms with Gasteiger partial charge in [0.05, 0.1) is 11.0 Å². The van der Waals surface area contributed by atoms with E-state index < -0.39 is 0 Å². The first-order chi connectivity index (χ1) is 21.8. The van der Waals surface area contributed by atoms with Crippen molar-refractivity contribution < 1.29 is 0 Å². The summed E-state index contributed by atoms with van der Waals surface area (Å²) in [4.78, 5) is 2.66. The first-order valence-electron chi connectivity index (χ1n) is 15.1. The van der Waals surface area contributed by atoms with Gasteiger partial charge in [-0.3, -0.25) is 0 Å². The van der Waals surface area contributed by atoms with Crippen LogP contribution in [-0.2, 0) is 0 Å². The highest BCUT2D eigenvalue weighted by molar-refractivity contribution is 7.99. The Kier molecular flexibility index (Phi) is 5.00. The average Bonchev–Trinajstić information content (AvgIpc) is 3.41. The third kappa shape index (κ3) is 3.43. The van der Waals surface area contributed by atoms with Gasteiger partial charge >= 0.3 is 0 Å². The van der Waals surface area contributed by atoms with Gasteiger partial charge < -0.3 is 4.57 Å². The van der Waals surface area contributed by atoms with Crippen LogP contribution in [0.25, 0.3) is 82.1 Å². The minimum atomic E-state index is 1.17. The number of hydrogen-bond donors (Lipinski definition) is 0. The first-order valence-corrected chi connectivity index (χ1v) is 15.9. The van der Waals surface area contributed by atoms with Gasteiger partial charge in [0.15, 0.2) is 0 Å². The normalized spacial score (nSPS) is 12.5. The van der Waals surface area contributed by atoms with Gasteiger partial charge in [-0.15, -0.1) is 0 Å². The van der Waals surface area contributed by atoms with E-state index in [1.807, 2.05) is 11.8 Å². The Morgan fingerprint density at radius 3 is 1.98 bits per heavy atom. The van der Waals surface area contributed by atoms with Gasteiger partial charge in [-0.05, 0) is 97.7 Å². The van der Waals surface area contributed by atoms with Crippen molar-refractivity contribution >= 4 is 65.9 Å². The number of benzene rings is 8. The number of nitrogens with zero attached hydrogens (tertiary/aromatic N) is 1. The molecule has 44 heavy (non-hydrogen) atoms. The van der Waals surface area contributed by atoms with Crippen molar-refractivity contribution in [3.05, 3.63) is 152 Å². The van der Waals surface area contributed by atoms with Gasteiger partial charge in [-0.1, -0.05) is 115 Å². The summed E-state index contributed by atoms with van der Waals surface area (Å²) in [7, 11) is 0. The van der Waals surface area contributed by atoms with E-state index in [0.717, 1.165) is 0 Å². The predicted molar refractivity (Wildman–Crippen MR) is 188 cm³/mol. The fourth-order valence-corrected chi connectivity index (χ4v) is 8.43. The maximum absolute atomic E-state index is 2.44. The smallest absolute Gasteiger partial charge is 0.0547 e. The highest BCUT2D eigenvalue weighted by atomic mass is 32.2. The number of fused-ring (bicyclic) bond motifs is 8. The second-order valence-electron chi connectivity index (χ2n) is 11.8. The molecule has 0 saturated heterocycles. The van der Waals surface area contributed by atoms with Crippen LogP contribution >= 0.6 is 11.8 Å². The van der Waals surface area contributed by atoms with Crippen molar-refractivity contribution in [3.63, 3.8) is 0 Å². The Morgan fingerprint density at radius 2 is 1.11 bits per heavy atom. The lowest BCUT2D eigenvalue weighted by atomic mass is 9.94. The SMILES string of the molecule is c1ccc2cc3c(cc2c1)c1c2ccccc2ccc1n3-c1ccc(-c2ccc3c(c2)-c2cccc4cccc(c24)S3)cc1. The molecule has 0 spiro atoms. The molecule has 1 aromatic heterocycles. The molecule has 0 aliphatic carbocycles. The molecule has 1 aliphatic rings. The van der Waals surface area contributed by atoms with Crippen molar-refractivity contribution in [1.82, 2.24) is 4.57 Å². The van der Waals surface area contributed by atoms with Crippen LogP contribution < -0.4 is 0 Å². The van der Waals surface area contributed by atoms with Crippen LogP contribution in [0.4, 0.5) is 0 Å². The lowest BCUT2D eigenvalue weighted by molar-refractivity contribution is 1.18. The maximum atomic E-state index is 2.44. The summed E-state index contributed by atoms with van der Waals surface area (Å²) < 4.78 is 2.44. The van der Waals surface area contributed by atoms with E-state index in [4.69, 9.17) is 0 Å². The molecule has 204 valence electrons. The van der Waals surface area contributed by atoms with E-state index in [0.29, 0.717) is 0 Å². The molecule has 0 N–H and O–H groups in total. The first kappa shape index (κ1) is 24.2. The van der Waals surface area contributed by atoms with Crippen LogP contribution in [0.3, 0.4) is 0 Å². The van der Waals surface area contributed by atoms with Gasteiger partial charge in [0.1, 0.15) is 0 Å². The highest BCUT2D eigenvalue weighted by Crippen LogP contribution is 2.49. The third-order valence-corrected chi connectivity index (χ3v) is 10.5. The maximum Gasteiger partial charge on any atom is 0.0547 e. The summed E-state index contributed by atoms with van der Waals surface area (Å²) in [6, 6.07) is 56.0. The Balaban J connectivity index is 1.15. The van der Waals surface area contributed by atoms with Crippen molar-refractivity contribution in [2.45, 2.75) is 9.79 Å². The second-order valence-corrected chi connectivity index (χ2v) is 12.8. The van der Waals surface area contributed by atoms with Gasteiger partial charge in [0.2, 0.25) is 0 Å². The molecule has 1 nitrogen and oxygen atoms in total. The fourth-order valence-electron chi connectivity index (χ4n) is 7.30. The largest absolute Gasteiger partial charge is 0.309 e. The Bertz CT molecular complexity index is 2620. The predicted octanol–water partition coefficient (Wildman–Crippen LogP) is 12.0. The highest BCUT2D eigenvalue weighted by Gasteiger charge is 2.20. The minimum absolute atomic E-state index is 1.17. The third-order valence-electron chi connectivity index (χ3n) is 9.34. The second kappa shape index (κ2) is 9.09. The van der Waals surface area contributed by atoms with Crippen molar-refractivity contribution in [2.75, 3.05) is 0 Å². The van der Waals surface area contributed by atoms with Gasteiger partial charge in [-0.25, -0.2) is 0 Å².